The molecular formula is C19H19N3O4S2. The first-order valence-corrected chi connectivity index (χ1v) is 11.2. The molecule has 1 fully saturated rings. The van der Waals surface area contributed by atoms with Crippen LogP contribution >= 0.6 is 11.3 Å². The van der Waals surface area contributed by atoms with Crippen LogP contribution in [-0.2, 0) is 14.6 Å². The van der Waals surface area contributed by atoms with Crippen LogP contribution in [-0.4, -0.2) is 50.4 Å². The van der Waals surface area contributed by atoms with E-state index in [2.05, 4.69) is 4.98 Å². The largest absolute Gasteiger partial charge is 0.418 e. The Kier molecular flexibility index (Phi) is 4.94. The molecule has 146 valence electrons. The van der Waals surface area contributed by atoms with Gasteiger partial charge in [0.2, 0.25) is 32.5 Å². The first-order valence-electron chi connectivity index (χ1n) is 8.82. The predicted octanol–water partition coefficient (Wildman–Crippen LogP) is 2.90. The van der Waals surface area contributed by atoms with Gasteiger partial charge in [-0.3, -0.25) is 4.79 Å². The summed E-state index contributed by atoms with van der Waals surface area (Å²) in [4.78, 5) is 20.5. The van der Waals surface area contributed by atoms with Crippen LogP contribution in [0.4, 0.5) is 5.88 Å². The second-order valence-electron chi connectivity index (χ2n) is 6.42. The van der Waals surface area contributed by atoms with Crippen LogP contribution in [0.5, 0.6) is 0 Å². The maximum Gasteiger partial charge on any atom is 0.240 e. The molecule has 0 saturated carbocycles. The molecule has 0 atom stereocenters. The number of sulfone groups is 1. The van der Waals surface area contributed by atoms with Gasteiger partial charge < -0.3 is 14.2 Å². The van der Waals surface area contributed by atoms with Crippen LogP contribution in [0.1, 0.15) is 6.92 Å². The molecule has 1 aliphatic heterocycles. The molecule has 0 unspecified atom stereocenters. The lowest BCUT2D eigenvalue weighted by Crippen LogP contribution is -2.48. The normalized spacial score (nSPS) is 15.0. The van der Waals surface area contributed by atoms with Gasteiger partial charge in [0.1, 0.15) is 0 Å². The standard InChI is InChI=1S/C19H19N3O4S2/c1-14(23)21-9-11-22(12-10-21)19-18(20-17(26-19)16-8-5-13-27-16)28(24,25)15-6-3-2-4-7-15/h2-8,13H,9-12H2,1H3. The topological polar surface area (TPSA) is 83.7 Å². The van der Waals surface area contributed by atoms with Crippen LogP contribution in [0.25, 0.3) is 10.8 Å². The molecule has 7 nitrogen and oxygen atoms in total. The zero-order chi connectivity index (χ0) is 19.7. The SMILES string of the molecule is CC(=O)N1CCN(c2oc(-c3cccs3)nc2S(=O)(=O)c2ccccc2)CC1. The number of amides is 1. The fourth-order valence-corrected chi connectivity index (χ4v) is 5.11. The molecule has 3 aromatic rings. The molecule has 0 aliphatic carbocycles. The molecule has 28 heavy (non-hydrogen) atoms. The van der Waals surface area contributed by atoms with E-state index in [0.29, 0.717) is 26.2 Å². The number of carbonyl (C=O) groups excluding carboxylic acids is 1. The minimum Gasteiger partial charge on any atom is -0.418 e. The molecule has 1 aromatic carbocycles. The van der Waals surface area contributed by atoms with Gasteiger partial charge in [-0.25, -0.2) is 8.42 Å². The van der Waals surface area contributed by atoms with Gasteiger partial charge >= 0.3 is 0 Å². The highest BCUT2D eigenvalue weighted by molar-refractivity contribution is 7.91. The quantitative estimate of drug-likeness (QED) is 0.649. The third kappa shape index (κ3) is 3.43. The van der Waals surface area contributed by atoms with E-state index in [1.54, 1.807) is 35.2 Å². The van der Waals surface area contributed by atoms with Crippen LogP contribution in [0, 0.1) is 0 Å². The van der Waals surface area contributed by atoms with E-state index in [4.69, 9.17) is 4.42 Å². The highest BCUT2D eigenvalue weighted by Crippen LogP contribution is 2.36. The average molecular weight is 418 g/mol. The molecule has 9 heteroatoms. The highest BCUT2D eigenvalue weighted by Gasteiger charge is 2.33. The van der Waals surface area contributed by atoms with Gasteiger partial charge in [-0.2, -0.15) is 4.98 Å². The first-order chi connectivity index (χ1) is 13.5. The van der Waals surface area contributed by atoms with Gasteiger partial charge in [-0.1, -0.05) is 24.3 Å². The van der Waals surface area contributed by atoms with Crippen molar-refractivity contribution in [3.8, 4) is 10.8 Å². The number of carbonyl (C=O) groups is 1. The van der Waals surface area contributed by atoms with Crippen molar-refractivity contribution >= 4 is 33.0 Å². The smallest absolute Gasteiger partial charge is 0.240 e. The van der Waals surface area contributed by atoms with Crippen molar-refractivity contribution in [3.05, 3.63) is 47.8 Å². The average Bonchev–Trinajstić information content (AvgIpc) is 3.39. The van der Waals surface area contributed by atoms with Crippen molar-refractivity contribution in [2.45, 2.75) is 16.8 Å². The van der Waals surface area contributed by atoms with Gasteiger partial charge in [0.05, 0.1) is 9.77 Å². The zero-order valence-electron chi connectivity index (χ0n) is 15.2. The number of hydrogen-bond donors (Lipinski definition) is 0. The Morgan fingerprint density at radius 3 is 2.39 bits per heavy atom. The van der Waals surface area contributed by atoms with Crippen LogP contribution < -0.4 is 4.90 Å². The molecule has 0 spiro atoms. The molecule has 0 N–H and O–H groups in total. The van der Waals surface area contributed by atoms with Crippen molar-refractivity contribution in [3.63, 3.8) is 0 Å². The number of aromatic nitrogens is 1. The molecule has 0 bridgehead atoms. The van der Waals surface area contributed by atoms with Gasteiger partial charge in [0.25, 0.3) is 0 Å². The minimum absolute atomic E-state index is 0.00799. The molecule has 1 saturated heterocycles. The second kappa shape index (κ2) is 7.40. The third-order valence-corrected chi connectivity index (χ3v) is 7.16. The van der Waals surface area contributed by atoms with Crippen molar-refractivity contribution < 1.29 is 17.6 Å². The van der Waals surface area contributed by atoms with Crippen molar-refractivity contribution in [2.75, 3.05) is 31.1 Å². The fourth-order valence-electron chi connectivity index (χ4n) is 3.11. The summed E-state index contributed by atoms with van der Waals surface area (Å²) in [5.74, 6) is 0.526. The van der Waals surface area contributed by atoms with Crippen LogP contribution in [0.15, 0.2) is 62.2 Å². The number of benzene rings is 1. The summed E-state index contributed by atoms with van der Waals surface area (Å²) in [6.45, 7) is 3.51. The van der Waals surface area contributed by atoms with E-state index in [-0.39, 0.29) is 27.6 Å². The van der Waals surface area contributed by atoms with Gasteiger partial charge in [0, 0.05) is 33.1 Å². The Morgan fingerprint density at radius 2 is 1.79 bits per heavy atom. The Hall–Kier alpha value is -2.65. The molecule has 0 radical (unpaired) electrons. The lowest BCUT2D eigenvalue weighted by Gasteiger charge is -2.34. The number of anilines is 1. The van der Waals surface area contributed by atoms with Crippen LogP contribution in [0.2, 0.25) is 0 Å². The highest BCUT2D eigenvalue weighted by atomic mass is 32.2. The number of rotatable bonds is 4. The molecular weight excluding hydrogens is 398 g/mol. The second-order valence-corrected chi connectivity index (χ2v) is 9.23. The Labute approximate surface area is 167 Å². The Morgan fingerprint density at radius 1 is 1.07 bits per heavy atom. The Balaban J connectivity index is 1.76. The van der Waals surface area contributed by atoms with Crippen molar-refractivity contribution in [2.24, 2.45) is 0 Å². The number of hydrogen-bond acceptors (Lipinski definition) is 7. The molecule has 1 aliphatic rings. The zero-order valence-corrected chi connectivity index (χ0v) is 16.9. The van der Waals surface area contributed by atoms with Crippen molar-refractivity contribution in [1.29, 1.82) is 0 Å². The molecule has 4 rings (SSSR count). The molecule has 2 aromatic heterocycles. The summed E-state index contributed by atoms with van der Waals surface area (Å²) in [7, 11) is -3.84. The summed E-state index contributed by atoms with van der Waals surface area (Å²) in [5.41, 5.74) is 0. The van der Waals surface area contributed by atoms with Crippen LogP contribution in [0.3, 0.4) is 0 Å². The van der Waals surface area contributed by atoms with Gasteiger partial charge in [-0.15, -0.1) is 11.3 Å². The number of thiophene rings is 1. The van der Waals surface area contributed by atoms with Gasteiger partial charge in [-0.05, 0) is 23.6 Å². The maximum atomic E-state index is 13.2. The number of piperazine rings is 1. The summed E-state index contributed by atoms with van der Waals surface area (Å²) in [5, 5.41) is 1.80. The summed E-state index contributed by atoms with van der Waals surface area (Å²) in [6, 6.07) is 11.9. The number of oxazole rings is 1. The van der Waals surface area contributed by atoms with Gasteiger partial charge in [0.15, 0.2) is 0 Å². The summed E-state index contributed by atoms with van der Waals surface area (Å²) < 4.78 is 32.4. The maximum absolute atomic E-state index is 13.2. The summed E-state index contributed by atoms with van der Waals surface area (Å²) in [6.07, 6.45) is 0. The monoisotopic (exact) mass is 417 g/mol. The first kappa shape index (κ1) is 18.7. The summed E-state index contributed by atoms with van der Waals surface area (Å²) >= 11 is 1.43. The molecule has 3 heterocycles. The van der Waals surface area contributed by atoms with E-state index in [0.717, 1.165) is 4.88 Å². The molecule has 1 amide bonds. The van der Waals surface area contributed by atoms with E-state index in [1.165, 1.54) is 18.3 Å². The third-order valence-electron chi connectivity index (χ3n) is 4.63. The van der Waals surface area contributed by atoms with Crippen molar-refractivity contribution in [1.82, 2.24) is 9.88 Å². The minimum atomic E-state index is -3.84. The van der Waals surface area contributed by atoms with E-state index >= 15 is 0 Å². The number of nitrogens with zero attached hydrogens (tertiary/aromatic N) is 3. The predicted molar refractivity (Wildman–Crippen MR) is 106 cm³/mol. The lowest BCUT2D eigenvalue weighted by atomic mass is 10.3. The lowest BCUT2D eigenvalue weighted by molar-refractivity contribution is -0.129. The van der Waals surface area contributed by atoms with E-state index in [9.17, 15) is 13.2 Å². The Bertz CT molecular complexity index is 1070. The van der Waals surface area contributed by atoms with E-state index in [1.807, 2.05) is 22.4 Å². The fraction of sp³-hybridized carbons (Fsp3) is 0.263. The van der Waals surface area contributed by atoms with E-state index < -0.39 is 9.84 Å².